The van der Waals surface area contributed by atoms with Crippen LogP contribution in [0.15, 0.2) is 18.2 Å². The highest BCUT2D eigenvalue weighted by molar-refractivity contribution is 5.78. The summed E-state index contributed by atoms with van der Waals surface area (Å²) in [6.07, 6.45) is 4.80. The van der Waals surface area contributed by atoms with Crippen molar-refractivity contribution in [3.8, 4) is 0 Å². The summed E-state index contributed by atoms with van der Waals surface area (Å²) in [5, 5.41) is 3.49. The number of nitrogens with one attached hydrogen (secondary N) is 1. The Morgan fingerprint density at radius 2 is 1.84 bits per heavy atom. The average molecular weight is 261 g/mol. The molecule has 1 aromatic rings. The van der Waals surface area contributed by atoms with Gasteiger partial charge in [0.2, 0.25) is 0 Å². The smallest absolute Gasteiger partial charge is 0.327 e. The van der Waals surface area contributed by atoms with Crippen molar-refractivity contribution < 1.29 is 9.53 Å². The minimum atomic E-state index is -0.339. The first-order valence-corrected chi connectivity index (χ1v) is 7.03. The Hall–Kier alpha value is -1.35. The lowest BCUT2D eigenvalue weighted by Gasteiger charge is -2.24. The van der Waals surface area contributed by atoms with Gasteiger partial charge in [-0.3, -0.25) is 5.32 Å². The van der Waals surface area contributed by atoms with Crippen molar-refractivity contribution in [3.05, 3.63) is 34.9 Å². The molecule has 0 radical (unpaired) electrons. The van der Waals surface area contributed by atoms with Gasteiger partial charge in [-0.2, -0.15) is 0 Å². The molecule has 0 saturated heterocycles. The first-order chi connectivity index (χ1) is 9.13. The minimum absolute atomic E-state index is 0.190. The zero-order valence-corrected chi connectivity index (χ0v) is 12.0. The van der Waals surface area contributed by atoms with Gasteiger partial charge in [0.1, 0.15) is 6.04 Å². The molecule has 1 N–H and O–H groups in total. The molecular weight excluding hydrogens is 238 g/mol. The normalized spacial score (nSPS) is 17.4. The molecule has 0 spiro atoms. The quantitative estimate of drug-likeness (QED) is 0.847. The minimum Gasteiger partial charge on any atom is -0.468 e. The predicted octanol–water partition coefficient (Wildman–Crippen LogP) is 3.05. The lowest BCUT2D eigenvalue weighted by Crippen LogP contribution is -2.37. The van der Waals surface area contributed by atoms with E-state index in [0.29, 0.717) is 6.04 Å². The molecular formula is C16H23NO2. The standard InChI is InChI=1S/C16H23NO2/c1-11-7-6-8-12(2)14(11)15(16(18)19-3)17-13-9-4-5-10-13/h6-8,13,15,17H,4-5,9-10H2,1-3H3. The van der Waals surface area contributed by atoms with Gasteiger partial charge >= 0.3 is 5.97 Å². The Labute approximate surface area is 115 Å². The first-order valence-electron chi connectivity index (χ1n) is 7.03. The number of ether oxygens (including phenoxy) is 1. The lowest BCUT2D eigenvalue weighted by atomic mass is 9.95. The number of methoxy groups -OCH3 is 1. The molecule has 1 saturated carbocycles. The summed E-state index contributed by atoms with van der Waals surface area (Å²) in [6, 6.07) is 6.22. The zero-order valence-electron chi connectivity index (χ0n) is 12.0. The average Bonchev–Trinajstić information content (AvgIpc) is 2.89. The zero-order chi connectivity index (χ0) is 13.8. The van der Waals surface area contributed by atoms with Gasteiger partial charge in [0, 0.05) is 6.04 Å². The highest BCUT2D eigenvalue weighted by Gasteiger charge is 2.28. The van der Waals surface area contributed by atoms with Crippen LogP contribution < -0.4 is 5.32 Å². The third-order valence-electron chi connectivity index (χ3n) is 4.03. The van der Waals surface area contributed by atoms with Crippen molar-refractivity contribution >= 4 is 5.97 Å². The second kappa shape index (κ2) is 6.20. The van der Waals surface area contributed by atoms with E-state index in [2.05, 4.69) is 31.3 Å². The maximum atomic E-state index is 12.1. The largest absolute Gasteiger partial charge is 0.468 e. The van der Waals surface area contributed by atoms with Gasteiger partial charge in [-0.15, -0.1) is 0 Å². The van der Waals surface area contributed by atoms with E-state index in [1.807, 2.05) is 6.07 Å². The number of esters is 1. The van der Waals surface area contributed by atoms with E-state index in [0.717, 1.165) is 29.5 Å². The maximum absolute atomic E-state index is 12.1. The molecule has 1 aliphatic carbocycles. The lowest BCUT2D eigenvalue weighted by molar-refractivity contribution is -0.143. The fraction of sp³-hybridized carbons (Fsp3) is 0.562. The highest BCUT2D eigenvalue weighted by atomic mass is 16.5. The fourth-order valence-corrected chi connectivity index (χ4v) is 3.00. The Morgan fingerprint density at radius 3 is 2.37 bits per heavy atom. The predicted molar refractivity (Wildman–Crippen MR) is 76.1 cm³/mol. The second-order valence-corrected chi connectivity index (χ2v) is 5.41. The van der Waals surface area contributed by atoms with E-state index in [-0.39, 0.29) is 12.0 Å². The number of hydrogen-bond acceptors (Lipinski definition) is 3. The van der Waals surface area contributed by atoms with Crippen molar-refractivity contribution in [2.45, 2.75) is 51.6 Å². The van der Waals surface area contributed by atoms with Crippen molar-refractivity contribution in [2.24, 2.45) is 0 Å². The van der Waals surface area contributed by atoms with Gasteiger partial charge in [0.05, 0.1) is 7.11 Å². The van der Waals surface area contributed by atoms with Crippen molar-refractivity contribution in [1.29, 1.82) is 0 Å². The molecule has 1 aromatic carbocycles. The van der Waals surface area contributed by atoms with Crippen LogP contribution in [0.5, 0.6) is 0 Å². The topological polar surface area (TPSA) is 38.3 Å². The van der Waals surface area contributed by atoms with Crippen molar-refractivity contribution in [3.63, 3.8) is 0 Å². The van der Waals surface area contributed by atoms with Crippen LogP contribution >= 0.6 is 0 Å². The first kappa shape index (κ1) is 14.1. The molecule has 0 heterocycles. The molecule has 1 unspecified atom stereocenters. The van der Waals surface area contributed by atoms with Gasteiger partial charge < -0.3 is 4.74 Å². The molecule has 3 nitrogen and oxygen atoms in total. The maximum Gasteiger partial charge on any atom is 0.327 e. The van der Waals surface area contributed by atoms with E-state index in [4.69, 9.17) is 4.74 Å². The Bertz CT molecular complexity index is 430. The van der Waals surface area contributed by atoms with E-state index in [1.165, 1.54) is 20.0 Å². The van der Waals surface area contributed by atoms with Crippen molar-refractivity contribution in [1.82, 2.24) is 5.32 Å². The second-order valence-electron chi connectivity index (χ2n) is 5.41. The Morgan fingerprint density at radius 1 is 1.26 bits per heavy atom. The molecule has 104 valence electrons. The molecule has 2 rings (SSSR count). The van der Waals surface area contributed by atoms with Crippen LogP contribution in [0.2, 0.25) is 0 Å². The molecule has 1 aliphatic rings. The third kappa shape index (κ3) is 3.16. The van der Waals surface area contributed by atoms with Gasteiger partial charge in [0.15, 0.2) is 0 Å². The Balaban J connectivity index is 2.28. The van der Waals surface area contributed by atoms with Gasteiger partial charge in [0.25, 0.3) is 0 Å². The Kier molecular flexibility index (Phi) is 4.59. The summed E-state index contributed by atoms with van der Waals surface area (Å²) in [4.78, 5) is 12.1. The van der Waals surface area contributed by atoms with Crippen LogP contribution in [0, 0.1) is 13.8 Å². The number of carbonyl (C=O) groups is 1. The fourth-order valence-electron chi connectivity index (χ4n) is 3.00. The SMILES string of the molecule is COC(=O)C(NC1CCCC1)c1c(C)cccc1C. The summed E-state index contributed by atoms with van der Waals surface area (Å²) in [7, 11) is 1.46. The van der Waals surface area contributed by atoms with E-state index in [9.17, 15) is 4.79 Å². The molecule has 0 amide bonds. The summed E-state index contributed by atoms with van der Waals surface area (Å²) >= 11 is 0. The molecule has 0 aromatic heterocycles. The van der Waals surface area contributed by atoms with Crippen LogP contribution in [0.3, 0.4) is 0 Å². The van der Waals surface area contributed by atoms with Gasteiger partial charge in [-0.25, -0.2) is 4.79 Å². The summed E-state index contributed by atoms with van der Waals surface area (Å²) < 4.78 is 4.99. The number of aryl methyl sites for hydroxylation is 2. The van der Waals surface area contributed by atoms with Crippen LogP contribution in [0.25, 0.3) is 0 Å². The number of hydrogen-bond donors (Lipinski definition) is 1. The summed E-state index contributed by atoms with van der Waals surface area (Å²) in [5.74, 6) is -0.190. The van der Waals surface area contributed by atoms with Crippen molar-refractivity contribution in [2.75, 3.05) is 7.11 Å². The van der Waals surface area contributed by atoms with Crippen LogP contribution in [0.1, 0.15) is 48.4 Å². The van der Waals surface area contributed by atoms with Crippen LogP contribution in [-0.4, -0.2) is 19.1 Å². The number of carbonyl (C=O) groups excluding carboxylic acids is 1. The van der Waals surface area contributed by atoms with Crippen LogP contribution in [0.4, 0.5) is 0 Å². The summed E-state index contributed by atoms with van der Waals surface area (Å²) in [5.41, 5.74) is 3.35. The van der Waals surface area contributed by atoms with E-state index in [1.54, 1.807) is 0 Å². The third-order valence-corrected chi connectivity index (χ3v) is 4.03. The molecule has 1 atom stereocenters. The van der Waals surface area contributed by atoms with E-state index >= 15 is 0 Å². The molecule has 0 aliphatic heterocycles. The highest BCUT2D eigenvalue weighted by Crippen LogP contribution is 2.27. The molecule has 3 heteroatoms. The monoisotopic (exact) mass is 261 g/mol. The molecule has 19 heavy (non-hydrogen) atoms. The van der Waals surface area contributed by atoms with Crippen LogP contribution in [-0.2, 0) is 9.53 Å². The number of rotatable bonds is 4. The van der Waals surface area contributed by atoms with Gasteiger partial charge in [-0.05, 0) is 43.4 Å². The summed E-state index contributed by atoms with van der Waals surface area (Å²) in [6.45, 7) is 4.10. The molecule has 0 bridgehead atoms. The van der Waals surface area contributed by atoms with E-state index < -0.39 is 0 Å². The molecule has 1 fully saturated rings. The van der Waals surface area contributed by atoms with Gasteiger partial charge in [-0.1, -0.05) is 31.0 Å². The number of benzene rings is 1.